The SMILES string of the molecule is Cc1cc(CNC(=O)N(CCN(C)C)CC2CCCO2)ccc1F. The first-order valence-electron chi connectivity index (χ1n) is 8.50. The Bertz CT molecular complexity index is 545. The van der Waals surface area contributed by atoms with Crippen LogP contribution in [0.2, 0.25) is 0 Å². The summed E-state index contributed by atoms with van der Waals surface area (Å²) in [5.41, 5.74) is 1.48. The number of ether oxygens (including phenoxy) is 1. The number of carbonyl (C=O) groups excluding carboxylic acids is 1. The van der Waals surface area contributed by atoms with Gasteiger partial charge in [0, 0.05) is 32.8 Å². The van der Waals surface area contributed by atoms with Crippen LogP contribution in [-0.4, -0.2) is 62.3 Å². The lowest BCUT2D eigenvalue weighted by Gasteiger charge is -2.27. The number of nitrogens with zero attached hydrogens (tertiary/aromatic N) is 2. The fourth-order valence-electron chi connectivity index (χ4n) is 2.74. The number of likely N-dealkylation sites (N-methyl/N-ethyl adjacent to an activating group) is 1. The summed E-state index contributed by atoms with van der Waals surface area (Å²) in [4.78, 5) is 16.4. The summed E-state index contributed by atoms with van der Waals surface area (Å²) in [5, 5.41) is 2.93. The Kier molecular flexibility index (Phi) is 6.99. The third kappa shape index (κ3) is 5.76. The second-order valence-electron chi connectivity index (χ2n) is 6.63. The molecule has 0 aliphatic carbocycles. The zero-order valence-electron chi connectivity index (χ0n) is 14.8. The van der Waals surface area contributed by atoms with Crippen LogP contribution in [0.4, 0.5) is 9.18 Å². The molecular weight excluding hydrogens is 309 g/mol. The highest BCUT2D eigenvalue weighted by Gasteiger charge is 2.22. The molecule has 1 saturated heterocycles. The van der Waals surface area contributed by atoms with E-state index in [-0.39, 0.29) is 18.0 Å². The first-order valence-corrected chi connectivity index (χ1v) is 8.50. The van der Waals surface area contributed by atoms with Crippen molar-refractivity contribution < 1.29 is 13.9 Å². The molecule has 1 N–H and O–H groups in total. The molecule has 1 aliphatic rings. The molecule has 0 radical (unpaired) electrons. The van der Waals surface area contributed by atoms with Gasteiger partial charge in [0.15, 0.2) is 0 Å². The first kappa shape index (κ1) is 18.7. The average molecular weight is 337 g/mol. The van der Waals surface area contributed by atoms with E-state index >= 15 is 0 Å². The molecule has 0 bridgehead atoms. The minimum absolute atomic E-state index is 0.102. The van der Waals surface area contributed by atoms with Crippen LogP contribution in [0.5, 0.6) is 0 Å². The molecule has 1 aliphatic heterocycles. The maximum atomic E-state index is 13.3. The van der Waals surface area contributed by atoms with E-state index in [1.165, 1.54) is 6.07 Å². The molecular formula is C18H28FN3O2. The highest BCUT2D eigenvalue weighted by atomic mass is 19.1. The number of benzene rings is 1. The molecule has 1 unspecified atom stereocenters. The Morgan fingerprint density at radius 3 is 2.79 bits per heavy atom. The molecule has 2 amide bonds. The molecule has 2 rings (SSSR count). The highest BCUT2D eigenvalue weighted by molar-refractivity contribution is 5.74. The molecule has 0 aromatic heterocycles. The molecule has 24 heavy (non-hydrogen) atoms. The molecule has 1 aromatic carbocycles. The molecule has 6 heteroatoms. The number of rotatable bonds is 7. The van der Waals surface area contributed by atoms with E-state index in [4.69, 9.17) is 4.74 Å². The fraction of sp³-hybridized carbons (Fsp3) is 0.611. The lowest BCUT2D eigenvalue weighted by molar-refractivity contribution is 0.0795. The van der Waals surface area contributed by atoms with Gasteiger partial charge in [0.1, 0.15) is 5.82 Å². The normalized spacial score (nSPS) is 17.3. The monoisotopic (exact) mass is 337 g/mol. The van der Waals surface area contributed by atoms with E-state index in [0.29, 0.717) is 25.2 Å². The predicted molar refractivity (Wildman–Crippen MR) is 92.5 cm³/mol. The van der Waals surface area contributed by atoms with Gasteiger partial charge in [-0.2, -0.15) is 0 Å². The summed E-state index contributed by atoms with van der Waals surface area (Å²) in [5.74, 6) is -0.226. The minimum atomic E-state index is -0.226. The van der Waals surface area contributed by atoms with Crippen molar-refractivity contribution in [2.75, 3.05) is 40.3 Å². The standard InChI is InChI=1S/C18H28FN3O2/c1-14-11-15(6-7-17(14)19)12-20-18(23)22(9-8-21(2)3)13-16-5-4-10-24-16/h6-7,11,16H,4-5,8-10,12-13H2,1-3H3,(H,20,23). The fourth-order valence-corrected chi connectivity index (χ4v) is 2.74. The Hall–Kier alpha value is -1.66. The van der Waals surface area contributed by atoms with Crippen molar-refractivity contribution in [1.82, 2.24) is 15.1 Å². The van der Waals surface area contributed by atoms with Crippen molar-refractivity contribution in [3.63, 3.8) is 0 Å². The van der Waals surface area contributed by atoms with Crippen LogP contribution in [0, 0.1) is 12.7 Å². The van der Waals surface area contributed by atoms with Gasteiger partial charge in [-0.15, -0.1) is 0 Å². The van der Waals surface area contributed by atoms with Crippen LogP contribution in [0.3, 0.4) is 0 Å². The summed E-state index contributed by atoms with van der Waals surface area (Å²) in [6, 6.07) is 4.80. The number of nitrogens with one attached hydrogen (secondary N) is 1. The van der Waals surface area contributed by atoms with Crippen molar-refractivity contribution in [3.8, 4) is 0 Å². The van der Waals surface area contributed by atoms with Gasteiger partial charge in [-0.25, -0.2) is 9.18 Å². The van der Waals surface area contributed by atoms with Crippen LogP contribution >= 0.6 is 0 Å². The minimum Gasteiger partial charge on any atom is -0.376 e. The molecule has 5 nitrogen and oxygen atoms in total. The summed E-state index contributed by atoms with van der Waals surface area (Å²) < 4.78 is 19.0. The number of halogens is 1. The van der Waals surface area contributed by atoms with E-state index in [1.807, 2.05) is 19.0 Å². The second kappa shape index (κ2) is 8.99. The van der Waals surface area contributed by atoms with Gasteiger partial charge in [0.2, 0.25) is 0 Å². The third-order valence-corrected chi connectivity index (χ3v) is 4.22. The van der Waals surface area contributed by atoms with Crippen molar-refractivity contribution >= 4 is 6.03 Å². The number of carbonyl (C=O) groups is 1. The van der Waals surface area contributed by atoms with Gasteiger partial charge >= 0.3 is 6.03 Å². The van der Waals surface area contributed by atoms with E-state index in [9.17, 15) is 9.18 Å². The average Bonchev–Trinajstić information content (AvgIpc) is 3.05. The van der Waals surface area contributed by atoms with Crippen molar-refractivity contribution in [2.45, 2.75) is 32.4 Å². The Morgan fingerprint density at radius 1 is 1.38 bits per heavy atom. The number of urea groups is 1. The lowest BCUT2D eigenvalue weighted by atomic mass is 10.1. The molecule has 0 spiro atoms. The maximum absolute atomic E-state index is 13.3. The van der Waals surface area contributed by atoms with E-state index in [0.717, 1.165) is 31.6 Å². The zero-order valence-corrected chi connectivity index (χ0v) is 14.8. The van der Waals surface area contributed by atoms with Crippen molar-refractivity contribution in [2.24, 2.45) is 0 Å². The molecule has 1 heterocycles. The second-order valence-corrected chi connectivity index (χ2v) is 6.63. The molecule has 0 saturated carbocycles. The Morgan fingerprint density at radius 2 is 2.17 bits per heavy atom. The number of aryl methyl sites for hydroxylation is 1. The van der Waals surface area contributed by atoms with Crippen LogP contribution in [-0.2, 0) is 11.3 Å². The number of amides is 2. The van der Waals surface area contributed by atoms with Crippen LogP contribution in [0.1, 0.15) is 24.0 Å². The Labute approximate surface area is 143 Å². The highest BCUT2D eigenvalue weighted by Crippen LogP contribution is 2.14. The van der Waals surface area contributed by atoms with E-state index in [2.05, 4.69) is 10.2 Å². The largest absolute Gasteiger partial charge is 0.376 e. The smallest absolute Gasteiger partial charge is 0.317 e. The molecule has 1 fully saturated rings. The molecule has 1 aromatic rings. The summed E-state index contributed by atoms with van der Waals surface area (Å²) in [6.07, 6.45) is 2.19. The van der Waals surface area contributed by atoms with Crippen molar-refractivity contribution in [1.29, 1.82) is 0 Å². The van der Waals surface area contributed by atoms with Gasteiger partial charge in [0.05, 0.1) is 6.10 Å². The summed E-state index contributed by atoms with van der Waals surface area (Å²) in [6.45, 7) is 4.97. The van der Waals surface area contributed by atoms with Crippen LogP contribution in [0.25, 0.3) is 0 Å². The lowest BCUT2D eigenvalue weighted by Crippen LogP contribution is -2.46. The quantitative estimate of drug-likeness (QED) is 0.831. The Balaban J connectivity index is 1.90. The van der Waals surface area contributed by atoms with Gasteiger partial charge in [-0.1, -0.05) is 12.1 Å². The maximum Gasteiger partial charge on any atom is 0.317 e. The van der Waals surface area contributed by atoms with Crippen LogP contribution < -0.4 is 5.32 Å². The zero-order chi connectivity index (χ0) is 17.5. The predicted octanol–water partition coefficient (Wildman–Crippen LogP) is 2.39. The topological polar surface area (TPSA) is 44.8 Å². The summed E-state index contributed by atoms with van der Waals surface area (Å²) >= 11 is 0. The van der Waals surface area contributed by atoms with Crippen LogP contribution in [0.15, 0.2) is 18.2 Å². The van der Waals surface area contributed by atoms with E-state index < -0.39 is 0 Å². The molecule has 134 valence electrons. The van der Waals surface area contributed by atoms with Gasteiger partial charge < -0.3 is 19.9 Å². The van der Waals surface area contributed by atoms with Gasteiger partial charge in [-0.3, -0.25) is 0 Å². The first-order chi connectivity index (χ1) is 11.5. The number of hydrogen-bond acceptors (Lipinski definition) is 3. The number of hydrogen-bond donors (Lipinski definition) is 1. The summed E-state index contributed by atoms with van der Waals surface area (Å²) in [7, 11) is 3.98. The van der Waals surface area contributed by atoms with Gasteiger partial charge in [-0.05, 0) is 51.1 Å². The van der Waals surface area contributed by atoms with Crippen molar-refractivity contribution in [3.05, 3.63) is 35.1 Å². The third-order valence-electron chi connectivity index (χ3n) is 4.22. The van der Waals surface area contributed by atoms with Gasteiger partial charge in [0.25, 0.3) is 0 Å². The van der Waals surface area contributed by atoms with E-state index in [1.54, 1.807) is 19.1 Å². The molecule has 1 atom stereocenters.